The van der Waals surface area contributed by atoms with Gasteiger partial charge in [0.15, 0.2) is 0 Å². The maximum atomic E-state index is 12.0. The first kappa shape index (κ1) is 17.6. The van der Waals surface area contributed by atoms with Crippen LogP contribution in [0, 0.1) is 12.8 Å². The average Bonchev–Trinajstić information content (AvgIpc) is 2.63. The zero-order chi connectivity index (χ0) is 17.5. The first-order chi connectivity index (χ1) is 11.7. The largest absolute Gasteiger partial charge is 0.497 e. The molecule has 1 fully saturated rings. The third kappa shape index (κ3) is 3.58. The number of rotatable bonds is 5. The van der Waals surface area contributed by atoms with Crippen molar-refractivity contribution in [3.63, 3.8) is 0 Å². The number of nitrogens with zero attached hydrogens (tertiary/aromatic N) is 1. The predicted octanol–water partition coefficient (Wildman–Crippen LogP) is 3.57. The fourth-order valence-corrected chi connectivity index (χ4v) is 2.75. The molecule has 24 heavy (non-hydrogen) atoms. The highest BCUT2D eigenvalue weighted by Gasteiger charge is 2.38. The van der Waals surface area contributed by atoms with Crippen LogP contribution in [0.2, 0.25) is 0 Å². The van der Waals surface area contributed by atoms with Gasteiger partial charge < -0.3 is 14.4 Å². The molecule has 1 heterocycles. The summed E-state index contributed by atoms with van der Waals surface area (Å²) in [5.74, 6) is 0.938. The molecule has 0 saturated carbocycles. The summed E-state index contributed by atoms with van der Waals surface area (Å²) in [6, 6.07) is 15.9. The Morgan fingerprint density at radius 1 is 1.04 bits per heavy atom. The summed E-state index contributed by atoms with van der Waals surface area (Å²) in [5, 5.41) is 0. The van der Waals surface area contributed by atoms with E-state index >= 15 is 0 Å². The van der Waals surface area contributed by atoms with E-state index in [1.54, 1.807) is 14.2 Å². The van der Waals surface area contributed by atoms with Crippen LogP contribution in [0.3, 0.4) is 0 Å². The Labute approximate surface area is 143 Å². The van der Waals surface area contributed by atoms with Crippen molar-refractivity contribution >= 4 is 11.6 Å². The lowest BCUT2D eigenvalue weighted by molar-refractivity contribution is -0.124. The molecule has 1 aliphatic heterocycles. The molecule has 0 aromatic heterocycles. The van der Waals surface area contributed by atoms with E-state index in [-0.39, 0.29) is 11.9 Å². The van der Waals surface area contributed by atoms with E-state index in [2.05, 4.69) is 25.0 Å². The van der Waals surface area contributed by atoms with E-state index in [0.717, 1.165) is 22.6 Å². The smallest absolute Gasteiger partial charge is 0.230 e. The van der Waals surface area contributed by atoms with Gasteiger partial charge in [-0.05, 0) is 35.4 Å². The van der Waals surface area contributed by atoms with Gasteiger partial charge in [-0.1, -0.05) is 24.3 Å². The number of terminal acetylenes is 1. The monoisotopic (exact) mass is 323 g/mol. The SMILES string of the molecule is C#C.COCc1ccc([C@@H]2CC(=O)N2c2ccc(OC)cc2)cc1. The van der Waals surface area contributed by atoms with Crippen molar-refractivity contribution in [2.75, 3.05) is 19.1 Å². The first-order valence-electron chi connectivity index (χ1n) is 7.60. The van der Waals surface area contributed by atoms with Gasteiger partial charge in [-0.15, -0.1) is 12.8 Å². The lowest BCUT2D eigenvalue weighted by Gasteiger charge is -2.40. The van der Waals surface area contributed by atoms with Crippen LogP contribution in [0.4, 0.5) is 5.69 Å². The molecule has 4 heteroatoms. The normalized spacial score (nSPS) is 15.9. The van der Waals surface area contributed by atoms with Gasteiger partial charge in [-0.3, -0.25) is 4.79 Å². The van der Waals surface area contributed by atoms with Crippen molar-refractivity contribution < 1.29 is 14.3 Å². The maximum Gasteiger partial charge on any atom is 0.230 e. The number of benzene rings is 2. The van der Waals surface area contributed by atoms with Gasteiger partial charge in [-0.25, -0.2) is 0 Å². The highest BCUT2D eigenvalue weighted by Crippen LogP contribution is 2.39. The Balaban J connectivity index is 0.00000100. The molecule has 4 nitrogen and oxygen atoms in total. The molecule has 1 saturated heterocycles. The Kier molecular flexibility index (Phi) is 6.00. The molecule has 0 aliphatic carbocycles. The number of carbonyl (C=O) groups excluding carboxylic acids is 1. The van der Waals surface area contributed by atoms with Gasteiger partial charge in [-0.2, -0.15) is 0 Å². The molecular weight excluding hydrogens is 302 g/mol. The van der Waals surface area contributed by atoms with E-state index in [4.69, 9.17) is 9.47 Å². The van der Waals surface area contributed by atoms with Crippen LogP contribution in [-0.2, 0) is 16.1 Å². The Morgan fingerprint density at radius 3 is 2.17 bits per heavy atom. The predicted molar refractivity (Wildman–Crippen MR) is 94.9 cm³/mol. The molecule has 2 aromatic carbocycles. The van der Waals surface area contributed by atoms with Gasteiger partial charge >= 0.3 is 0 Å². The Bertz CT molecular complexity index is 689. The lowest BCUT2D eigenvalue weighted by Crippen LogP contribution is -2.46. The minimum atomic E-state index is 0.109. The molecule has 1 atom stereocenters. The minimum Gasteiger partial charge on any atom is -0.497 e. The van der Waals surface area contributed by atoms with E-state index in [0.29, 0.717) is 13.0 Å². The van der Waals surface area contributed by atoms with E-state index in [1.807, 2.05) is 41.3 Å². The number of carbonyl (C=O) groups is 1. The van der Waals surface area contributed by atoms with Crippen LogP contribution in [0.15, 0.2) is 48.5 Å². The molecule has 3 rings (SSSR count). The van der Waals surface area contributed by atoms with Gasteiger partial charge in [0.05, 0.1) is 26.2 Å². The number of β-lactam (4-membered cyclic amide) rings is 1. The van der Waals surface area contributed by atoms with E-state index in [1.165, 1.54) is 0 Å². The van der Waals surface area contributed by atoms with Crippen molar-refractivity contribution in [2.24, 2.45) is 0 Å². The first-order valence-corrected chi connectivity index (χ1v) is 7.60. The van der Waals surface area contributed by atoms with Crippen LogP contribution in [-0.4, -0.2) is 20.1 Å². The molecule has 1 aliphatic rings. The van der Waals surface area contributed by atoms with Gasteiger partial charge in [0.2, 0.25) is 5.91 Å². The molecule has 0 spiro atoms. The summed E-state index contributed by atoms with van der Waals surface area (Å²) in [7, 11) is 3.32. The molecule has 0 bridgehead atoms. The Morgan fingerprint density at radius 2 is 1.67 bits per heavy atom. The second kappa shape index (κ2) is 8.19. The van der Waals surface area contributed by atoms with Crippen LogP contribution < -0.4 is 9.64 Å². The zero-order valence-electron chi connectivity index (χ0n) is 13.9. The van der Waals surface area contributed by atoms with E-state index in [9.17, 15) is 4.79 Å². The van der Waals surface area contributed by atoms with Crippen LogP contribution >= 0.6 is 0 Å². The summed E-state index contributed by atoms with van der Waals surface area (Å²) in [6.07, 6.45) is 8.55. The maximum absolute atomic E-state index is 12.0. The van der Waals surface area contributed by atoms with Crippen molar-refractivity contribution in [3.8, 4) is 18.6 Å². The number of hydrogen-bond donors (Lipinski definition) is 0. The molecule has 0 N–H and O–H groups in total. The molecular formula is C20H21NO3. The number of ether oxygens (including phenoxy) is 2. The Hall–Kier alpha value is -2.77. The second-order valence-electron chi connectivity index (χ2n) is 5.36. The molecule has 124 valence electrons. The van der Waals surface area contributed by atoms with Crippen molar-refractivity contribution in [2.45, 2.75) is 19.1 Å². The second-order valence-corrected chi connectivity index (χ2v) is 5.36. The number of hydrogen-bond acceptors (Lipinski definition) is 3. The third-order valence-electron chi connectivity index (χ3n) is 3.97. The molecule has 0 radical (unpaired) electrons. The zero-order valence-corrected chi connectivity index (χ0v) is 13.9. The molecule has 1 amide bonds. The number of methoxy groups -OCH3 is 2. The fourth-order valence-electron chi connectivity index (χ4n) is 2.75. The number of anilines is 1. The summed E-state index contributed by atoms with van der Waals surface area (Å²) >= 11 is 0. The molecule has 0 unspecified atom stereocenters. The highest BCUT2D eigenvalue weighted by molar-refractivity contribution is 6.01. The van der Waals surface area contributed by atoms with Crippen molar-refractivity contribution in [1.29, 1.82) is 0 Å². The number of amides is 1. The molecule has 2 aromatic rings. The van der Waals surface area contributed by atoms with Gasteiger partial charge in [0.1, 0.15) is 5.75 Å². The van der Waals surface area contributed by atoms with Crippen LogP contribution in [0.25, 0.3) is 0 Å². The standard InChI is InChI=1S/C18H19NO3.C2H2/c1-21-12-13-3-5-14(6-4-13)17-11-18(20)19(17)15-7-9-16(22-2)10-8-15;1-2/h3-10,17H,11-12H2,1-2H3;1-2H/t17-;/m0./s1. The summed E-state index contributed by atoms with van der Waals surface area (Å²) < 4.78 is 10.3. The summed E-state index contributed by atoms with van der Waals surface area (Å²) in [4.78, 5) is 13.9. The van der Waals surface area contributed by atoms with Gasteiger partial charge in [0.25, 0.3) is 0 Å². The quantitative estimate of drug-likeness (QED) is 0.624. The van der Waals surface area contributed by atoms with Crippen LogP contribution in [0.1, 0.15) is 23.6 Å². The fraction of sp³-hybridized carbons (Fsp3) is 0.250. The van der Waals surface area contributed by atoms with Crippen molar-refractivity contribution in [1.82, 2.24) is 0 Å². The van der Waals surface area contributed by atoms with Crippen molar-refractivity contribution in [3.05, 3.63) is 59.7 Å². The third-order valence-corrected chi connectivity index (χ3v) is 3.97. The summed E-state index contributed by atoms with van der Waals surface area (Å²) in [5.41, 5.74) is 3.19. The lowest BCUT2D eigenvalue weighted by atomic mass is 9.92. The van der Waals surface area contributed by atoms with Crippen LogP contribution in [0.5, 0.6) is 5.75 Å². The topological polar surface area (TPSA) is 38.8 Å². The average molecular weight is 323 g/mol. The summed E-state index contributed by atoms with van der Waals surface area (Å²) in [6.45, 7) is 0.603. The van der Waals surface area contributed by atoms with Gasteiger partial charge in [0, 0.05) is 12.8 Å². The highest BCUT2D eigenvalue weighted by atomic mass is 16.5. The van der Waals surface area contributed by atoms with E-state index < -0.39 is 0 Å². The minimum absolute atomic E-state index is 0.109.